The second-order valence-electron chi connectivity index (χ2n) is 4.66. The zero-order valence-electron chi connectivity index (χ0n) is 11.0. The van der Waals surface area contributed by atoms with Crippen LogP contribution in [0.3, 0.4) is 0 Å². The molecule has 0 amide bonds. The van der Waals surface area contributed by atoms with E-state index in [2.05, 4.69) is 4.98 Å². The zero-order chi connectivity index (χ0) is 15.2. The molecule has 0 aliphatic heterocycles. The number of rotatable bonds is 2. The number of sulfone groups is 1. The summed E-state index contributed by atoms with van der Waals surface area (Å²) in [7, 11) is -3.29. The Kier molecular flexibility index (Phi) is 3.15. The van der Waals surface area contributed by atoms with E-state index in [1.807, 2.05) is 0 Å². The van der Waals surface area contributed by atoms with E-state index in [9.17, 15) is 8.42 Å². The molecule has 21 heavy (non-hydrogen) atoms. The molecule has 2 N–H and O–H groups in total. The van der Waals surface area contributed by atoms with E-state index in [4.69, 9.17) is 21.8 Å². The average Bonchev–Trinajstić information content (AvgIpc) is 2.79. The number of nitrogen functional groups attached to an aromatic ring is 1. The lowest BCUT2D eigenvalue weighted by molar-refractivity contribution is 0.602. The standard InChI is InChI=1S/C14H11ClN2O3S/c1-21(18,19)9-3-5-13-12(7-9)17-14(20-13)10-4-2-8(16)6-11(10)15/h2-7H,16H2,1H3. The van der Waals surface area contributed by atoms with Crippen LogP contribution in [0.25, 0.3) is 22.6 Å². The van der Waals surface area contributed by atoms with Gasteiger partial charge in [-0.05, 0) is 36.4 Å². The summed E-state index contributed by atoms with van der Waals surface area (Å²) in [5.41, 5.74) is 7.74. The second kappa shape index (κ2) is 4.75. The summed E-state index contributed by atoms with van der Waals surface area (Å²) in [5.74, 6) is 0.320. The number of fused-ring (bicyclic) bond motifs is 1. The van der Waals surface area contributed by atoms with E-state index < -0.39 is 9.84 Å². The van der Waals surface area contributed by atoms with E-state index in [1.54, 1.807) is 24.3 Å². The monoisotopic (exact) mass is 322 g/mol. The summed E-state index contributed by atoms with van der Waals surface area (Å²) >= 11 is 6.12. The van der Waals surface area contributed by atoms with E-state index in [0.717, 1.165) is 6.26 Å². The Morgan fingerprint density at radius 3 is 2.62 bits per heavy atom. The minimum Gasteiger partial charge on any atom is -0.436 e. The lowest BCUT2D eigenvalue weighted by Gasteiger charge is -1.99. The van der Waals surface area contributed by atoms with Gasteiger partial charge in [-0.25, -0.2) is 13.4 Å². The number of nitrogens with two attached hydrogens (primary N) is 1. The highest BCUT2D eigenvalue weighted by atomic mass is 35.5. The Hall–Kier alpha value is -2.05. The molecule has 0 fully saturated rings. The van der Waals surface area contributed by atoms with Crippen molar-refractivity contribution in [3.8, 4) is 11.5 Å². The first-order valence-electron chi connectivity index (χ1n) is 6.00. The van der Waals surface area contributed by atoms with Gasteiger partial charge >= 0.3 is 0 Å². The molecule has 0 atom stereocenters. The van der Waals surface area contributed by atoms with Gasteiger partial charge in [0.1, 0.15) is 5.52 Å². The molecular formula is C14H11ClN2O3S. The van der Waals surface area contributed by atoms with Gasteiger partial charge in [0.25, 0.3) is 0 Å². The van der Waals surface area contributed by atoms with Gasteiger partial charge in [0, 0.05) is 11.9 Å². The molecule has 7 heteroatoms. The van der Waals surface area contributed by atoms with Gasteiger partial charge in [0.15, 0.2) is 15.4 Å². The normalized spacial score (nSPS) is 11.9. The van der Waals surface area contributed by atoms with Crippen LogP contribution in [-0.2, 0) is 9.84 Å². The molecule has 1 heterocycles. The van der Waals surface area contributed by atoms with Crippen molar-refractivity contribution in [2.45, 2.75) is 4.90 Å². The van der Waals surface area contributed by atoms with Crippen molar-refractivity contribution in [3.05, 3.63) is 41.4 Å². The third-order valence-electron chi connectivity index (χ3n) is 3.01. The van der Waals surface area contributed by atoms with Gasteiger partial charge in [-0.1, -0.05) is 11.6 Å². The molecule has 0 unspecified atom stereocenters. The van der Waals surface area contributed by atoms with Crippen molar-refractivity contribution >= 4 is 38.2 Å². The summed E-state index contributed by atoms with van der Waals surface area (Å²) in [4.78, 5) is 4.48. The van der Waals surface area contributed by atoms with E-state index in [1.165, 1.54) is 12.1 Å². The van der Waals surface area contributed by atoms with E-state index in [0.29, 0.717) is 33.3 Å². The third-order valence-corrected chi connectivity index (χ3v) is 4.43. The molecule has 0 saturated carbocycles. The zero-order valence-corrected chi connectivity index (χ0v) is 12.6. The van der Waals surface area contributed by atoms with Crippen molar-refractivity contribution < 1.29 is 12.8 Å². The minimum absolute atomic E-state index is 0.193. The van der Waals surface area contributed by atoms with Gasteiger partial charge in [-0.15, -0.1) is 0 Å². The third kappa shape index (κ3) is 2.59. The van der Waals surface area contributed by atoms with Crippen LogP contribution < -0.4 is 5.73 Å². The van der Waals surface area contributed by atoms with Crippen LogP contribution in [0.1, 0.15) is 0 Å². The first-order chi connectivity index (χ1) is 9.84. The number of aromatic nitrogens is 1. The number of benzene rings is 2. The maximum Gasteiger partial charge on any atom is 0.228 e. The fourth-order valence-corrected chi connectivity index (χ4v) is 2.87. The maximum absolute atomic E-state index is 11.6. The van der Waals surface area contributed by atoms with Crippen molar-refractivity contribution in [1.82, 2.24) is 4.98 Å². The van der Waals surface area contributed by atoms with E-state index >= 15 is 0 Å². The fourth-order valence-electron chi connectivity index (χ4n) is 1.96. The van der Waals surface area contributed by atoms with Crippen LogP contribution in [0.5, 0.6) is 0 Å². The Morgan fingerprint density at radius 1 is 1.19 bits per heavy atom. The molecule has 0 spiro atoms. The summed E-state index contributed by atoms with van der Waals surface area (Å²) in [6, 6.07) is 9.54. The minimum atomic E-state index is -3.29. The summed E-state index contributed by atoms with van der Waals surface area (Å²) in [6.45, 7) is 0. The van der Waals surface area contributed by atoms with Gasteiger partial charge < -0.3 is 10.2 Å². The molecule has 5 nitrogen and oxygen atoms in total. The maximum atomic E-state index is 11.6. The largest absolute Gasteiger partial charge is 0.436 e. The van der Waals surface area contributed by atoms with Crippen molar-refractivity contribution in [1.29, 1.82) is 0 Å². The molecule has 3 rings (SSSR count). The number of halogens is 1. The second-order valence-corrected chi connectivity index (χ2v) is 7.08. The molecule has 108 valence electrons. The smallest absolute Gasteiger partial charge is 0.228 e. The molecule has 0 aliphatic rings. The molecule has 3 aromatic rings. The van der Waals surface area contributed by atoms with Gasteiger partial charge in [0.2, 0.25) is 5.89 Å². The molecule has 0 bridgehead atoms. The van der Waals surface area contributed by atoms with E-state index in [-0.39, 0.29) is 4.90 Å². The first-order valence-corrected chi connectivity index (χ1v) is 8.27. The molecular weight excluding hydrogens is 312 g/mol. The number of hydrogen-bond donors (Lipinski definition) is 1. The van der Waals surface area contributed by atoms with Crippen LogP contribution in [0.4, 0.5) is 5.69 Å². The molecule has 1 aromatic heterocycles. The highest BCUT2D eigenvalue weighted by Crippen LogP contribution is 2.31. The highest BCUT2D eigenvalue weighted by Gasteiger charge is 2.14. The predicted octanol–water partition coefficient (Wildman–Crippen LogP) is 3.13. The number of hydrogen-bond acceptors (Lipinski definition) is 5. The van der Waals surface area contributed by atoms with Gasteiger partial charge in [-0.2, -0.15) is 0 Å². The van der Waals surface area contributed by atoms with Crippen LogP contribution in [0.2, 0.25) is 5.02 Å². The lowest BCUT2D eigenvalue weighted by atomic mass is 10.2. The van der Waals surface area contributed by atoms with Crippen molar-refractivity contribution in [2.24, 2.45) is 0 Å². The van der Waals surface area contributed by atoms with Crippen LogP contribution in [0, 0.1) is 0 Å². The topological polar surface area (TPSA) is 86.2 Å². The SMILES string of the molecule is CS(=O)(=O)c1ccc2oc(-c3ccc(N)cc3Cl)nc2c1. The van der Waals surface area contributed by atoms with Gasteiger partial charge in [0.05, 0.1) is 15.5 Å². The fraction of sp³-hybridized carbons (Fsp3) is 0.0714. The van der Waals surface area contributed by atoms with Crippen LogP contribution in [-0.4, -0.2) is 19.7 Å². The number of anilines is 1. The Bertz CT molecular complexity index is 948. The molecule has 0 saturated heterocycles. The summed E-state index contributed by atoms with van der Waals surface area (Å²) < 4.78 is 28.7. The first kappa shape index (κ1) is 13.9. The van der Waals surface area contributed by atoms with Crippen molar-refractivity contribution in [3.63, 3.8) is 0 Å². The van der Waals surface area contributed by atoms with Gasteiger partial charge in [-0.3, -0.25) is 0 Å². The van der Waals surface area contributed by atoms with Crippen LogP contribution in [0.15, 0.2) is 45.7 Å². The van der Waals surface area contributed by atoms with Crippen molar-refractivity contribution in [2.75, 3.05) is 12.0 Å². The summed E-state index contributed by atoms with van der Waals surface area (Å²) in [6.07, 6.45) is 1.14. The Balaban J connectivity index is 2.17. The summed E-state index contributed by atoms with van der Waals surface area (Å²) in [5, 5.41) is 0.421. The Labute approximate surface area is 126 Å². The predicted molar refractivity (Wildman–Crippen MR) is 82.0 cm³/mol. The Morgan fingerprint density at radius 2 is 1.95 bits per heavy atom. The van der Waals surface area contributed by atoms with Crippen LogP contribution >= 0.6 is 11.6 Å². The highest BCUT2D eigenvalue weighted by molar-refractivity contribution is 7.90. The molecule has 2 aromatic carbocycles. The quantitative estimate of drug-likeness (QED) is 0.732. The lowest BCUT2D eigenvalue weighted by Crippen LogP contribution is -1.96. The molecule has 0 aliphatic carbocycles. The molecule has 0 radical (unpaired) electrons. The number of oxazole rings is 1. The average molecular weight is 323 g/mol. The number of nitrogens with zero attached hydrogens (tertiary/aromatic N) is 1.